The molecule has 22 heavy (non-hydrogen) atoms. The lowest BCUT2D eigenvalue weighted by atomic mass is 9.88. The van der Waals surface area contributed by atoms with E-state index >= 15 is 0 Å². The number of hydrogen-bond donors (Lipinski definition) is 2. The molecule has 0 aromatic carbocycles. The highest BCUT2D eigenvalue weighted by molar-refractivity contribution is 6.16. The van der Waals surface area contributed by atoms with Gasteiger partial charge in [0.25, 0.3) is 23.6 Å². The van der Waals surface area contributed by atoms with Gasteiger partial charge in [0.2, 0.25) is 0 Å². The van der Waals surface area contributed by atoms with E-state index in [-0.39, 0.29) is 29.5 Å². The van der Waals surface area contributed by atoms with E-state index in [4.69, 9.17) is 0 Å². The molecule has 2 atom stereocenters. The summed E-state index contributed by atoms with van der Waals surface area (Å²) in [6, 6.07) is 0. The molecule has 0 bridgehead atoms. The second-order valence-electron chi connectivity index (χ2n) is 6.16. The summed E-state index contributed by atoms with van der Waals surface area (Å²) in [4.78, 5) is 45.1. The molecular weight excluding hydrogens is 284 g/mol. The largest absolute Gasteiger partial charge is 0.289 e. The molecular formula is C16H20N2O4. The quantitative estimate of drug-likeness (QED) is 0.686. The summed E-state index contributed by atoms with van der Waals surface area (Å²) in [5.41, 5.74) is 1.07. The normalized spacial score (nSPS) is 20.5. The first-order valence-corrected chi connectivity index (χ1v) is 7.47. The van der Waals surface area contributed by atoms with Crippen molar-refractivity contribution in [3.05, 3.63) is 23.3 Å². The van der Waals surface area contributed by atoms with E-state index < -0.39 is 0 Å². The minimum absolute atomic E-state index is 0.269. The van der Waals surface area contributed by atoms with E-state index in [0.717, 1.165) is 12.8 Å². The van der Waals surface area contributed by atoms with Crippen LogP contribution < -0.4 is 10.6 Å². The first kappa shape index (κ1) is 16.1. The summed E-state index contributed by atoms with van der Waals surface area (Å²) in [6.07, 6.45) is 5.57. The molecule has 0 radical (unpaired) electrons. The van der Waals surface area contributed by atoms with Crippen molar-refractivity contribution < 1.29 is 19.2 Å². The molecule has 0 aromatic heterocycles. The third-order valence-corrected chi connectivity index (χ3v) is 3.95. The molecule has 0 saturated carbocycles. The van der Waals surface area contributed by atoms with Crippen LogP contribution in [0.4, 0.5) is 0 Å². The highest BCUT2D eigenvalue weighted by Gasteiger charge is 2.24. The molecule has 2 rings (SSSR count). The Morgan fingerprint density at radius 3 is 1.91 bits per heavy atom. The first-order chi connectivity index (χ1) is 10.3. The molecule has 0 aliphatic carbocycles. The highest BCUT2D eigenvalue weighted by Crippen LogP contribution is 2.25. The average molecular weight is 304 g/mol. The Hall–Kier alpha value is -2.24. The Labute approximate surface area is 129 Å². The SMILES string of the molecule is CC(CCC1=CC(=O)NC1=O)CC(C)CC1=CC(=O)NC1=O. The lowest BCUT2D eigenvalue weighted by molar-refractivity contribution is -0.125. The summed E-state index contributed by atoms with van der Waals surface area (Å²) < 4.78 is 0. The third-order valence-electron chi connectivity index (χ3n) is 3.95. The molecule has 2 aliphatic rings. The Morgan fingerprint density at radius 1 is 0.864 bits per heavy atom. The van der Waals surface area contributed by atoms with Crippen LogP contribution in [0.25, 0.3) is 0 Å². The fraction of sp³-hybridized carbons (Fsp3) is 0.500. The van der Waals surface area contributed by atoms with Gasteiger partial charge in [0, 0.05) is 23.3 Å². The molecule has 0 spiro atoms. The standard InChI is InChI=1S/C16H20N2O4/c1-9(3-4-11-7-13(19)17-15(11)21)5-10(2)6-12-8-14(20)18-16(12)22/h7-10H,3-6H2,1-2H3,(H,17,19,21)(H,18,20,22). The van der Waals surface area contributed by atoms with Gasteiger partial charge in [-0.1, -0.05) is 13.8 Å². The fourth-order valence-electron chi connectivity index (χ4n) is 2.91. The van der Waals surface area contributed by atoms with Gasteiger partial charge < -0.3 is 0 Å². The number of carbonyl (C=O) groups is 4. The second kappa shape index (κ2) is 6.68. The van der Waals surface area contributed by atoms with Crippen molar-refractivity contribution in [1.29, 1.82) is 0 Å². The lowest BCUT2D eigenvalue weighted by Gasteiger charge is -2.17. The molecule has 2 heterocycles. The average Bonchev–Trinajstić information content (AvgIpc) is 2.89. The van der Waals surface area contributed by atoms with Crippen molar-refractivity contribution in [3.8, 4) is 0 Å². The van der Waals surface area contributed by atoms with Crippen molar-refractivity contribution in [2.45, 2.75) is 39.5 Å². The van der Waals surface area contributed by atoms with Crippen LogP contribution in [-0.4, -0.2) is 23.6 Å². The monoisotopic (exact) mass is 304 g/mol. The summed E-state index contributed by atoms with van der Waals surface area (Å²) >= 11 is 0. The maximum Gasteiger partial charge on any atom is 0.254 e. The number of rotatable bonds is 7. The van der Waals surface area contributed by atoms with E-state index in [1.165, 1.54) is 12.2 Å². The molecule has 118 valence electrons. The van der Waals surface area contributed by atoms with Gasteiger partial charge in [-0.05, 0) is 37.5 Å². The van der Waals surface area contributed by atoms with Crippen LogP contribution in [0.2, 0.25) is 0 Å². The van der Waals surface area contributed by atoms with E-state index in [1.54, 1.807) is 0 Å². The summed E-state index contributed by atoms with van der Waals surface area (Å²) in [7, 11) is 0. The number of nitrogens with one attached hydrogen (secondary N) is 2. The van der Waals surface area contributed by atoms with Gasteiger partial charge in [0.15, 0.2) is 0 Å². The zero-order valence-electron chi connectivity index (χ0n) is 12.8. The number of imide groups is 2. The predicted octanol–water partition coefficient (Wildman–Crippen LogP) is 0.985. The molecule has 0 saturated heterocycles. The smallest absolute Gasteiger partial charge is 0.254 e. The van der Waals surface area contributed by atoms with Gasteiger partial charge in [0.05, 0.1) is 0 Å². The van der Waals surface area contributed by atoms with E-state index in [2.05, 4.69) is 17.6 Å². The van der Waals surface area contributed by atoms with Crippen LogP contribution in [0.15, 0.2) is 23.3 Å². The fourth-order valence-corrected chi connectivity index (χ4v) is 2.91. The van der Waals surface area contributed by atoms with Gasteiger partial charge >= 0.3 is 0 Å². The van der Waals surface area contributed by atoms with Crippen LogP contribution in [0.1, 0.15) is 39.5 Å². The third kappa shape index (κ3) is 4.13. The van der Waals surface area contributed by atoms with Gasteiger partial charge in [-0.3, -0.25) is 29.8 Å². The zero-order valence-corrected chi connectivity index (χ0v) is 12.8. The summed E-state index contributed by atoms with van der Waals surface area (Å²) in [6.45, 7) is 4.12. The van der Waals surface area contributed by atoms with Crippen molar-refractivity contribution in [2.24, 2.45) is 11.8 Å². The molecule has 6 nitrogen and oxygen atoms in total. The maximum absolute atomic E-state index is 11.5. The van der Waals surface area contributed by atoms with Crippen LogP contribution in [0.3, 0.4) is 0 Å². The maximum atomic E-state index is 11.5. The minimum Gasteiger partial charge on any atom is -0.289 e. The van der Waals surface area contributed by atoms with Gasteiger partial charge in [-0.2, -0.15) is 0 Å². The van der Waals surface area contributed by atoms with Gasteiger partial charge in [-0.25, -0.2) is 0 Å². The van der Waals surface area contributed by atoms with Crippen molar-refractivity contribution in [3.63, 3.8) is 0 Å². The van der Waals surface area contributed by atoms with Crippen molar-refractivity contribution in [1.82, 2.24) is 10.6 Å². The Bertz CT molecular complexity index is 589. The topological polar surface area (TPSA) is 92.3 Å². The van der Waals surface area contributed by atoms with Crippen molar-refractivity contribution >= 4 is 23.6 Å². The molecule has 4 amide bonds. The van der Waals surface area contributed by atoms with Crippen LogP contribution in [0.5, 0.6) is 0 Å². The molecule has 0 aromatic rings. The first-order valence-electron chi connectivity index (χ1n) is 7.47. The molecule has 6 heteroatoms. The lowest BCUT2D eigenvalue weighted by Crippen LogP contribution is -2.22. The van der Waals surface area contributed by atoms with Crippen LogP contribution in [-0.2, 0) is 19.2 Å². The number of hydrogen-bond acceptors (Lipinski definition) is 4. The highest BCUT2D eigenvalue weighted by atomic mass is 16.2. The van der Waals surface area contributed by atoms with E-state index in [0.29, 0.717) is 29.9 Å². The van der Waals surface area contributed by atoms with E-state index in [1.807, 2.05) is 6.92 Å². The Balaban J connectivity index is 1.76. The zero-order chi connectivity index (χ0) is 16.3. The molecule has 2 N–H and O–H groups in total. The molecule has 0 fully saturated rings. The predicted molar refractivity (Wildman–Crippen MR) is 79.3 cm³/mol. The second-order valence-corrected chi connectivity index (χ2v) is 6.16. The van der Waals surface area contributed by atoms with Crippen LogP contribution >= 0.6 is 0 Å². The minimum atomic E-state index is -0.343. The van der Waals surface area contributed by atoms with Crippen molar-refractivity contribution in [2.75, 3.05) is 0 Å². The summed E-state index contributed by atoms with van der Waals surface area (Å²) in [5, 5.41) is 4.48. The van der Waals surface area contributed by atoms with E-state index in [9.17, 15) is 19.2 Å². The Morgan fingerprint density at radius 2 is 1.41 bits per heavy atom. The Kier molecular flexibility index (Phi) is 4.90. The number of carbonyl (C=O) groups excluding carboxylic acids is 4. The molecule has 2 unspecified atom stereocenters. The summed E-state index contributed by atoms with van der Waals surface area (Å²) in [5.74, 6) is -0.646. The van der Waals surface area contributed by atoms with Crippen LogP contribution in [0, 0.1) is 11.8 Å². The van der Waals surface area contributed by atoms with Gasteiger partial charge in [-0.15, -0.1) is 0 Å². The number of amides is 4. The van der Waals surface area contributed by atoms with Gasteiger partial charge in [0.1, 0.15) is 0 Å². The molecule has 2 aliphatic heterocycles.